The zero-order valence-electron chi connectivity index (χ0n) is 10.9. The molecule has 0 saturated carbocycles. The maximum atomic E-state index is 10.4. The van der Waals surface area contributed by atoms with Crippen molar-refractivity contribution in [2.45, 2.75) is 33.7 Å². The summed E-state index contributed by atoms with van der Waals surface area (Å²) in [5, 5.41) is 8.60. The number of carboxylic acids is 1. The van der Waals surface area contributed by atoms with Gasteiger partial charge in [-0.15, -0.1) is 10.2 Å². The molecule has 19 heavy (non-hydrogen) atoms. The van der Waals surface area contributed by atoms with Crippen LogP contribution in [0.2, 0.25) is 0 Å². The zero-order valence-corrected chi connectivity index (χ0v) is 11.6. The van der Waals surface area contributed by atoms with E-state index in [0.717, 1.165) is 11.4 Å². The Labute approximate surface area is 113 Å². The van der Waals surface area contributed by atoms with Gasteiger partial charge >= 0.3 is 5.97 Å². The summed E-state index contributed by atoms with van der Waals surface area (Å²) in [5.74, 6) is -0.753. The van der Waals surface area contributed by atoms with Crippen molar-refractivity contribution in [3.8, 4) is 0 Å². The molecule has 0 radical (unpaired) electrons. The molecule has 0 aromatic carbocycles. The SMILES string of the molecule is Cc1cc(C)[n+](CCC(=O)O)c(C)c1.[O-][Cl+3]([O-])([O-])[O-]. The molecule has 1 aromatic heterocycles. The van der Waals surface area contributed by atoms with E-state index in [1.165, 1.54) is 5.56 Å². The molecule has 1 rings (SSSR count). The first-order chi connectivity index (χ1) is 8.50. The molecule has 0 atom stereocenters. The van der Waals surface area contributed by atoms with Gasteiger partial charge in [-0.25, -0.2) is 18.6 Å². The van der Waals surface area contributed by atoms with Gasteiger partial charge in [0, 0.05) is 26.0 Å². The van der Waals surface area contributed by atoms with Gasteiger partial charge in [-0.05, 0) is 12.5 Å². The summed E-state index contributed by atoms with van der Waals surface area (Å²) < 4.78 is 36.0. The Kier molecular flexibility index (Phi) is 6.88. The fraction of sp³-hybridized carbons (Fsp3) is 0.455. The van der Waals surface area contributed by atoms with Crippen molar-refractivity contribution in [3.63, 3.8) is 0 Å². The summed E-state index contributed by atoms with van der Waals surface area (Å²) in [6.07, 6.45) is 0.176. The Hall–Kier alpha value is -1.25. The van der Waals surface area contributed by atoms with Gasteiger partial charge in [0.1, 0.15) is 6.42 Å². The summed E-state index contributed by atoms with van der Waals surface area (Å²) in [6.45, 7) is 6.60. The predicted octanol–water partition coefficient (Wildman–Crippen LogP) is -3.38. The molecular formula is C11H16ClNO6. The second-order valence-corrected chi connectivity index (χ2v) is 4.74. The number of rotatable bonds is 3. The number of aliphatic carboxylic acids is 1. The van der Waals surface area contributed by atoms with E-state index >= 15 is 0 Å². The van der Waals surface area contributed by atoms with E-state index in [1.807, 2.05) is 25.3 Å². The molecule has 0 aliphatic rings. The number of carboxylic acid groups (broad SMARTS) is 1. The molecule has 108 valence electrons. The number of nitrogens with zero attached hydrogens (tertiary/aromatic N) is 1. The molecule has 8 heteroatoms. The second-order valence-electron chi connectivity index (χ2n) is 3.99. The molecule has 1 aromatic rings. The smallest absolute Gasteiger partial charge is 0.309 e. The van der Waals surface area contributed by atoms with Crippen LogP contribution in [0.1, 0.15) is 23.4 Å². The molecule has 0 unspecified atom stereocenters. The topological polar surface area (TPSA) is 133 Å². The highest BCUT2D eigenvalue weighted by Crippen LogP contribution is 2.01. The lowest BCUT2D eigenvalue weighted by Gasteiger charge is -2.17. The van der Waals surface area contributed by atoms with E-state index in [2.05, 4.69) is 12.1 Å². The van der Waals surface area contributed by atoms with E-state index in [-0.39, 0.29) is 6.42 Å². The van der Waals surface area contributed by atoms with Crippen molar-refractivity contribution >= 4 is 5.97 Å². The van der Waals surface area contributed by atoms with Gasteiger partial charge in [0.2, 0.25) is 0 Å². The summed E-state index contributed by atoms with van der Waals surface area (Å²) in [4.78, 5) is 10.4. The largest absolute Gasteiger partial charge is 0.481 e. The third-order valence-corrected chi connectivity index (χ3v) is 2.27. The van der Waals surface area contributed by atoms with Crippen LogP contribution in [0.25, 0.3) is 0 Å². The Morgan fingerprint density at radius 1 is 1.16 bits per heavy atom. The van der Waals surface area contributed by atoms with Gasteiger partial charge in [-0.3, -0.25) is 4.79 Å². The Balaban J connectivity index is 0.000000555. The van der Waals surface area contributed by atoms with Crippen molar-refractivity contribution in [3.05, 3.63) is 29.1 Å². The number of aromatic nitrogens is 1. The quantitative estimate of drug-likeness (QED) is 0.578. The van der Waals surface area contributed by atoms with Crippen LogP contribution in [-0.2, 0) is 11.3 Å². The van der Waals surface area contributed by atoms with Crippen LogP contribution < -0.4 is 23.2 Å². The molecule has 0 saturated heterocycles. The fourth-order valence-electron chi connectivity index (χ4n) is 1.69. The Bertz CT molecular complexity index is 414. The molecule has 0 amide bonds. The summed E-state index contributed by atoms with van der Waals surface area (Å²) in [6, 6.07) is 4.13. The molecule has 0 fully saturated rings. The maximum Gasteiger partial charge on any atom is 0.309 e. The number of aryl methyl sites for hydroxylation is 3. The van der Waals surface area contributed by atoms with Crippen LogP contribution in [-0.4, -0.2) is 11.1 Å². The van der Waals surface area contributed by atoms with Gasteiger partial charge in [-0.1, -0.05) is 0 Å². The number of hydrogen-bond acceptors (Lipinski definition) is 5. The van der Waals surface area contributed by atoms with E-state index in [0.29, 0.717) is 6.54 Å². The predicted molar refractivity (Wildman–Crippen MR) is 53.1 cm³/mol. The highest BCUT2D eigenvalue weighted by atomic mass is 35.7. The lowest BCUT2D eigenvalue weighted by atomic mass is 10.2. The zero-order chi connectivity index (χ0) is 15.2. The van der Waals surface area contributed by atoms with Crippen LogP contribution in [0.3, 0.4) is 0 Å². The van der Waals surface area contributed by atoms with Gasteiger partial charge in [0.25, 0.3) is 0 Å². The van der Waals surface area contributed by atoms with Crippen LogP contribution in [0, 0.1) is 31.0 Å². The molecule has 1 heterocycles. The van der Waals surface area contributed by atoms with Crippen LogP contribution in [0.15, 0.2) is 12.1 Å². The Morgan fingerprint density at radius 3 is 1.84 bits per heavy atom. The van der Waals surface area contributed by atoms with Gasteiger partial charge in [0.05, 0.1) is 0 Å². The van der Waals surface area contributed by atoms with Crippen molar-refractivity contribution in [1.29, 1.82) is 0 Å². The minimum absolute atomic E-state index is 0.176. The number of pyridine rings is 1. The van der Waals surface area contributed by atoms with Crippen molar-refractivity contribution in [2.75, 3.05) is 0 Å². The summed E-state index contributed by atoms with van der Waals surface area (Å²) >= 11 is 0. The van der Waals surface area contributed by atoms with Crippen LogP contribution in [0.5, 0.6) is 0 Å². The van der Waals surface area contributed by atoms with Crippen LogP contribution >= 0.6 is 0 Å². The highest BCUT2D eigenvalue weighted by molar-refractivity contribution is 5.66. The first kappa shape index (κ1) is 17.8. The monoisotopic (exact) mass is 293 g/mol. The summed E-state index contributed by atoms with van der Waals surface area (Å²) in [7, 11) is -4.94. The average Bonchev–Trinajstić information content (AvgIpc) is 2.12. The summed E-state index contributed by atoms with van der Waals surface area (Å²) in [5.41, 5.74) is 3.44. The minimum atomic E-state index is -4.94. The third-order valence-electron chi connectivity index (χ3n) is 2.27. The van der Waals surface area contributed by atoms with E-state index in [4.69, 9.17) is 23.7 Å². The van der Waals surface area contributed by atoms with E-state index < -0.39 is 16.2 Å². The van der Waals surface area contributed by atoms with Crippen molar-refractivity contribution in [1.82, 2.24) is 0 Å². The fourth-order valence-corrected chi connectivity index (χ4v) is 1.69. The highest BCUT2D eigenvalue weighted by Gasteiger charge is 2.12. The lowest BCUT2D eigenvalue weighted by Crippen LogP contribution is -2.68. The normalized spacial score (nSPS) is 10.7. The van der Waals surface area contributed by atoms with Gasteiger partial charge in [0.15, 0.2) is 17.9 Å². The Morgan fingerprint density at radius 2 is 1.53 bits per heavy atom. The molecule has 0 spiro atoms. The van der Waals surface area contributed by atoms with Crippen molar-refractivity contribution < 1.29 is 43.3 Å². The number of carbonyl (C=O) groups is 1. The molecule has 0 aliphatic carbocycles. The average molecular weight is 294 g/mol. The van der Waals surface area contributed by atoms with E-state index in [1.54, 1.807) is 0 Å². The molecule has 1 N–H and O–H groups in total. The van der Waals surface area contributed by atoms with Crippen LogP contribution in [0.4, 0.5) is 0 Å². The molecular weight excluding hydrogens is 278 g/mol. The number of hydrogen-bond donors (Lipinski definition) is 1. The van der Waals surface area contributed by atoms with Gasteiger partial charge in [-0.2, -0.15) is 4.57 Å². The second kappa shape index (κ2) is 7.37. The first-order valence-corrected chi connectivity index (χ1v) is 6.55. The number of halogens is 1. The first-order valence-electron chi connectivity index (χ1n) is 5.32. The van der Waals surface area contributed by atoms with Crippen molar-refractivity contribution in [2.24, 2.45) is 0 Å². The molecule has 7 nitrogen and oxygen atoms in total. The molecule has 0 aliphatic heterocycles. The molecule has 0 bridgehead atoms. The van der Waals surface area contributed by atoms with E-state index in [9.17, 15) is 4.79 Å². The maximum absolute atomic E-state index is 10.4. The minimum Gasteiger partial charge on any atom is -0.481 e. The third kappa shape index (κ3) is 9.34. The standard InChI is InChI=1S/C11H15NO2.ClHO4/c1-8-6-9(2)12(10(3)7-8)5-4-11(13)14;2-1(3,4)5/h6-7H,4-5H2,1-3H3;(H,2,3,4,5). The van der Waals surface area contributed by atoms with Gasteiger partial charge < -0.3 is 5.11 Å². The lowest BCUT2D eigenvalue weighted by molar-refractivity contribution is -2.00.